The van der Waals surface area contributed by atoms with E-state index in [1.54, 1.807) is 0 Å². The summed E-state index contributed by atoms with van der Waals surface area (Å²) in [6, 6.07) is 10.8. The lowest BCUT2D eigenvalue weighted by molar-refractivity contribution is 0.595. The monoisotopic (exact) mass is 268 g/mol. The molecule has 0 saturated heterocycles. The Hall–Kier alpha value is -1.57. The molecule has 0 atom stereocenters. The molecule has 0 amide bonds. The molecule has 1 aromatic heterocycles. The summed E-state index contributed by atoms with van der Waals surface area (Å²) in [5.74, 6) is 1.31. The normalized spacial score (nSPS) is 15.4. The van der Waals surface area contributed by atoms with Crippen LogP contribution in [0.4, 0.5) is 0 Å². The quantitative estimate of drug-likeness (QED) is 0.794. The SMILES string of the molecule is CCCn1c2nc(c1-c1ccccc1)CCCCCC2. The van der Waals surface area contributed by atoms with Gasteiger partial charge in [-0.2, -0.15) is 0 Å². The minimum Gasteiger partial charge on any atom is -0.328 e. The van der Waals surface area contributed by atoms with Gasteiger partial charge in [-0.05, 0) is 25.7 Å². The molecule has 3 rings (SSSR count). The van der Waals surface area contributed by atoms with Crippen molar-refractivity contribution in [1.29, 1.82) is 0 Å². The molecular formula is C18H24N2. The Morgan fingerprint density at radius 2 is 1.75 bits per heavy atom. The summed E-state index contributed by atoms with van der Waals surface area (Å²) in [4.78, 5) is 4.99. The Morgan fingerprint density at radius 1 is 1.00 bits per heavy atom. The van der Waals surface area contributed by atoms with E-state index in [9.17, 15) is 0 Å². The number of rotatable bonds is 3. The molecule has 1 aliphatic rings. The minimum absolute atomic E-state index is 1.09. The van der Waals surface area contributed by atoms with Gasteiger partial charge in [0.2, 0.25) is 0 Å². The van der Waals surface area contributed by atoms with Gasteiger partial charge in [-0.25, -0.2) is 4.98 Å². The second-order valence-electron chi connectivity index (χ2n) is 5.76. The highest BCUT2D eigenvalue weighted by molar-refractivity contribution is 5.63. The first-order valence-electron chi connectivity index (χ1n) is 8.04. The molecule has 0 saturated carbocycles. The summed E-state index contributed by atoms with van der Waals surface area (Å²) in [6.07, 6.45) is 8.71. The molecule has 0 fully saturated rings. The molecule has 0 aliphatic carbocycles. The van der Waals surface area contributed by atoms with Crippen LogP contribution in [0.2, 0.25) is 0 Å². The number of aromatic nitrogens is 2. The molecular weight excluding hydrogens is 244 g/mol. The van der Waals surface area contributed by atoms with Gasteiger partial charge in [0.1, 0.15) is 5.82 Å². The van der Waals surface area contributed by atoms with Crippen molar-refractivity contribution in [2.24, 2.45) is 0 Å². The Balaban J connectivity index is 2.10. The average Bonchev–Trinajstić information content (AvgIpc) is 2.87. The standard InChI is InChI=1S/C18H24N2/c1-2-14-20-17-13-9-4-3-8-12-16(19-17)18(20)15-10-6-5-7-11-15/h5-7,10-11H,2-4,8-9,12-14H2,1H3. The van der Waals surface area contributed by atoms with Crippen molar-refractivity contribution in [3.63, 3.8) is 0 Å². The van der Waals surface area contributed by atoms with E-state index in [0.29, 0.717) is 0 Å². The summed E-state index contributed by atoms with van der Waals surface area (Å²) >= 11 is 0. The smallest absolute Gasteiger partial charge is 0.109 e. The lowest BCUT2D eigenvalue weighted by Gasteiger charge is -2.13. The van der Waals surface area contributed by atoms with Gasteiger partial charge in [0, 0.05) is 18.5 Å². The zero-order chi connectivity index (χ0) is 13.8. The summed E-state index contributed by atoms with van der Waals surface area (Å²) in [5.41, 5.74) is 4.03. The third kappa shape index (κ3) is 2.65. The van der Waals surface area contributed by atoms with E-state index in [2.05, 4.69) is 41.8 Å². The van der Waals surface area contributed by atoms with Gasteiger partial charge in [0.15, 0.2) is 0 Å². The maximum atomic E-state index is 4.99. The molecule has 2 aromatic rings. The van der Waals surface area contributed by atoms with Crippen LogP contribution in [0, 0.1) is 0 Å². The van der Waals surface area contributed by atoms with Gasteiger partial charge in [0.05, 0.1) is 11.4 Å². The Labute approximate surface area is 121 Å². The van der Waals surface area contributed by atoms with E-state index < -0.39 is 0 Å². The van der Waals surface area contributed by atoms with E-state index in [0.717, 1.165) is 19.4 Å². The molecule has 0 N–H and O–H groups in total. The van der Waals surface area contributed by atoms with Crippen LogP contribution in [0.15, 0.2) is 30.3 Å². The first kappa shape index (κ1) is 13.4. The summed E-state index contributed by atoms with van der Waals surface area (Å²) < 4.78 is 2.48. The van der Waals surface area contributed by atoms with E-state index in [-0.39, 0.29) is 0 Å². The second-order valence-corrected chi connectivity index (χ2v) is 5.76. The van der Waals surface area contributed by atoms with Gasteiger partial charge < -0.3 is 4.57 Å². The highest BCUT2D eigenvalue weighted by Gasteiger charge is 2.18. The molecule has 2 heteroatoms. The van der Waals surface area contributed by atoms with Gasteiger partial charge in [-0.1, -0.05) is 50.1 Å². The van der Waals surface area contributed by atoms with E-state index in [4.69, 9.17) is 4.98 Å². The van der Waals surface area contributed by atoms with E-state index in [1.165, 1.54) is 54.9 Å². The van der Waals surface area contributed by atoms with Gasteiger partial charge in [0.25, 0.3) is 0 Å². The maximum absolute atomic E-state index is 4.99. The molecule has 0 spiro atoms. The van der Waals surface area contributed by atoms with E-state index in [1.807, 2.05) is 0 Å². The maximum Gasteiger partial charge on any atom is 0.109 e. The van der Waals surface area contributed by atoms with Crippen LogP contribution in [0.25, 0.3) is 11.3 Å². The first-order valence-corrected chi connectivity index (χ1v) is 8.04. The third-order valence-corrected chi connectivity index (χ3v) is 4.18. The van der Waals surface area contributed by atoms with Gasteiger partial charge >= 0.3 is 0 Å². The Kier molecular flexibility index (Phi) is 4.19. The summed E-state index contributed by atoms with van der Waals surface area (Å²) in [7, 11) is 0. The molecule has 20 heavy (non-hydrogen) atoms. The highest BCUT2D eigenvalue weighted by Crippen LogP contribution is 2.29. The molecule has 0 radical (unpaired) electrons. The van der Waals surface area contributed by atoms with Crippen molar-refractivity contribution in [3.05, 3.63) is 41.9 Å². The van der Waals surface area contributed by atoms with Crippen LogP contribution in [0.3, 0.4) is 0 Å². The van der Waals surface area contributed by atoms with Crippen LogP contribution >= 0.6 is 0 Å². The fraction of sp³-hybridized carbons (Fsp3) is 0.500. The zero-order valence-corrected chi connectivity index (χ0v) is 12.4. The predicted octanol–water partition coefficient (Wildman–Crippen LogP) is 4.62. The van der Waals surface area contributed by atoms with Crippen molar-refractivity contribution in [3.8, 4) is 11.3 Å². The molecule has 1 aromatic carbocycles. The van der Waals surface area contributed by atoms with Crippen LogP contribution < -0.4 is 0 Å². The van der Waals surface area contributed by atoms with Crippen molar-refractivity contribution in [1.82, 2.24) is 9.55 Å². The lowest BCUT2D eigenvalue weighted by atomic mass is 10.0. The van der Waals surface area contributed by atoms with Gasteiger partial charge in [-0.3, -0.25) is 0 Å². The average molecular weight is 268 g/mol. The fourth-order valence-electron chi connectivity index (χ4n) is 3.23. The molecule has 106 valence electrons. The second kappa shape index (κ2) is 6.25. The molecule has 1 aliphatic heterocycles. The van der Waals surface area contributed by atoms with Crippen molar-refractivity contribution in [2.75, 3.05) is 0 Å². The fourth-order valence-corrected chi connectivity index (χ4v) is 3.23. The Morgan fingerprint density at radius 3 is 2.50 bits per heavy atom. The third-order valence-electron chi connectivity index (χ3n) is 4.18. The number of hydrogen-bond acceptors (Lipinski definition) is 1. The minimum atomic E-state index is 1.09. The lowest BCUT2D eigenvalue weighted by Crippen LogP contribution is -2.06. The van der Waals surface area contributed by atoms with Crippen LogP contribution in [0.1, 0.15) is 50.5 Å². The zero-order valence-electron chi connectivity index (χ0n) is 12.4. The van der Waals surface area contributed by atoms with Crippen molar-refractivity contribution in [2.45, 2.75) is 58.4 Å². The summed E-state index contributed by atoms with van der Waals surface area (Å²) in [5, 5.41) is 0. The van der Waals surface area contributed by atoms with Crippen LogP contribution in [-0.4, -0.2) is 9.55 Å². The number of benzene rings is 1. The Bertz CT molecular complexity index is 554. The topological polar surface area (TPSA) is 17.8 Å². The largest absolute Gasteiger partial charge is 0.328 e. The number of hydrogen-bond donors (Lipinski definition) is 0. The summed E-state index contributed by atoms with van der Waals surface area (Å²) in [6.45, 7) is 3.34. The number of nitrogens with zero attached hydrogens (tertiary/aromatic N) is 2. The van der Waals surface area contributed by atoms with Crippen molar-refractivity contribution < 1.29 is 0 Å². The molecule has 2 nitrogen and oxygen atoms in total. The number of aryl methyl sites for hydroxylation is 2. The highest BCUT2D eigenvalue weighted by atomic mass is 15.1. The van der Waals surface area contributed by atoms with Crippen LogP contribution in [-0.2, 0) is 19.4 Å². The first-order chi connectivity index (χ1) is 9.90. The number of fused-ring (bicyclic) bond motifs is 2. The van der Waals surface area contributed by atoms with E-state index >= 15 is 0 Å². The van der Waals surface area contributed by atoms with Crippen LogP contribution in [0.5, 0.6) is 0 Å². The van der Waals surface area contributed by atoms with Gasteiger partial charge in [-0.15, -0.1) is 0 Å². The van der Waals surface area contributed by atoms with Crippen molar-refractivity contribution >= 4 is 0 Å². The predicted molar refractivity (Wildman–Crippen MR) is 83.8 cm³/mol. The molecule has 2 heterocycles. The number of imidazole rings is 1. The molecule has 2 bridgehead atoms. The molecule has 0 unspecified atom stereocenters.